The van der Waals surface area contributed by atoms with E-state index in [1.54, 1.807) is 109 Å². The number of hydrogen-bond acceptors (Lipinski definition) is 12. The summed E-state index contributed by atoms with van der Waals surface area (Å²) in [6.45, 7) is 12.4. The van der Waals surface area contributed by atoms with Crippen molar-refractivity contribution < 1.29 is 60.2 Å². The fraction of sp³-hybridized carbons (Fsp3) is 0.209. The minimum Gasteiger partial charge on any atom is -0.508 e. The van der Waals surface area contributed by atoms with Crippen molar-refractivity contribution in [3.05, 3.63) is 358 Å². The molecule has 12 nitrogen and oxygen atoms in total. The van der Waals surface area contributed by atoms with Gasteiger partial charge in [0.05, 0.1) is 19.8 Å². The second-order valence-electron chi connectivity index (χ2n) is 27.6. The van der Waals surface area contributed by atoms with Crippen LogP contribution in [-0.2, 0) is 27.1 Å². The van der Waals surface area contributed by atoms with Crippen LogP contribution >= 0.6 is 0 Å². The highest BCUT2D eigenvalue weighted by Gasteiger charge is 2.35. The predicted octanol–water partition coefficient (Wildman–Crippen LogP) is 19.9. The molecule has 0 aliphatic carbocycles. The summed E-state index contributed by atoms with van der Waals surface area (Å²) in [5, 5.41) is 89.0. The van der Waals surface area contributed by atoms with Gasteiger partial charge < -0.3 is 60.2 Å². The monoisotopic (exact) mass is 1370 g/mol. The second kappa shape index (κ2) is 31.8. The van der Waals surface area contributed by atoms with Gasteiger partial charge in [0.1, 0.15) is 69.0 Å². The van der Waals surface area contributed by atoms with Gasteiger partial charge in [0.15, 0.2) is 0 Å². The molecular formula is C91H90O12. The molecule has 0 amide bonds. The normalized spacial score (nSPS) is 11.9. The number of aromatic hydroxyl groups is 9. The van der Waals surface area contributed by atoms with Gasteiger partial charge in [-0.2, -0.15) is 0 Å². The molecular weight excluding hydrogens is 1280 g/mol. The third kappa shape index (κ3) is 16.8. The third-order valence-corrected chi connectivity index (χ3v) is 20.9. The molecule has 9 N–H and O–H groups in total. The quantitative estimate of drug-likeness (QED) is 0.0174. The van der Waals surface area contributed by atoms with E-state index in [0.717, 1.165) is 123 Å². The lowest BCUT2D eigenvalue weighted by Gasteiger charge is -2.33. The average Bonchev–Trinajstić information content (AvgIpc) is 0.775. The molecule has 0 saturated heterocycles. The maximum Gasteiger partial charge on any atom is 0.119 e. The predicted molar refractivity (Wildman–Crippen MR) is 407 cm³/mol. The fourth-order valence-electron chi connectivity index (χ4n) is 14.2. The zero-order valence-electron chi connectivity index (χ0n) is 58.8. The first-order valence-electron chi connectivity index (χ1n) is 34.9. The Morgan fingerprint density at radius 3 is 0.456 bits per heavy atom. The molecule has 0 heterocycles. The van der Waals surface area contributed by atoms with E-state index < -0.39 is 10.8 Å². The molecule has 526 valence electrons. The summed E-state index contributed by atoms with van der Waals surface area (Å²) in [5.41, 5.74) is 10.4. The number of rotatable bonds is 27. The van der Waals surface area contributed by atoms with E-state index in [1.165, 1.54) is 0 Å². The number of benzene rings is 12. The lowest BCUT2D eigenvalue weighted by Crippen LogP contribution is -2.25. The summed E-state index contributed by atoms with van der Waals surface area (Å²) in [4.78, 5) is 0. The molecule has 0 aliphatic rings. The maximum absolute atomic E-state index is 10.1. The van der Waals surface area contributed by atoms with Crippen LogP contribution in [0.15, 0.2) is 291 Å². The van der Waals surface area contributed by atoms with Crippen molar-refractivity contribution in [1.82, 2.24) is 0 Å². The van der Waals surface area contributed by atoms with Crippen LogP contribution in [0.25, 0.3) is 0 Å². The molecule has 12 aromatic carbocycles. The van der Waals surface area contributed by atoms with Crippen molar-refractivity contribution >= 4 is 0 Å². The first-order chi connectivity index (χ1) is 49.5. The van der Waals surface area contributed by atoms with Gasteiger partial charge in [0.2, 0.25) is 0 Å². The standard InChI is InChI=1S/C71H72O9.C20H18O3/c1-68(50-8-26-59(72)27-9-50,51-10-28-60(73)29-11-51)44-5-47-78-65-38-20-56(21-39-65)71(4,57-22-40-66(41-23-57)79-48-6-45-69(2,52-12-30-61(74)31-13-52)53-14-32-62(75)33-15-53)58-24-42-67(43-25-58)80-49-7-46-70(3,54-16-34-63(76)35-17-54)55-18-36-64(77)37-19-55;1-20(14-2-8-17(21)9-3-14,15-4-10-18(22)11-5-15)16-6-12-19(23)13-7-16/h8-43,72-77H,5-7,44-49H2,1-4H3;2-13,21-23H,1H3. The van der Waals surface area contributed by atoms with Crippen LogP contribution in [0.3, 0.4) is 0 Å². The number of hydrogen-bond donors (Lipinski definition) is 9. The first-order valence-corrected chi connectivity index (χ1v) is 34.9. The average molecular weight is 1380 g/mol. The Hall–Kier alpha value is -11.8. The Morgan fingerprint density at radius 2 is 0.311 bits per heavy atom. The van der Waals surface area contributed by atoms with Gasteiger partial charge in [0.25, 0.3) is 0 Å². The van der Waals surface area contributed by atoms with Gasteiger partial charge in [-0.3, -0.25) is 0 Å². The van der Waals surface area contributed by atoms with E-state index in [4.69, 9.17) is 14.2 Å². The van der Waals surface area contributed by atoms with Crippen LogP contribution in [0.1, 0.15) is 140 Å². The highest BCUT2D eigenvalue weighted by Crippen LogP contribution is 2.45. The van der Waals surface area contributed by atoms with Gasteiger partial charge in [0, 0.05) is 27.1 Å². The molecule has 0 atom stereocenters. The number of phenolic OH excluding ortho intramolecular Hbond substituents is 9. The van der Waals surface area contributed by atoms with E-state index in [2.05, 4.69) is 71.0 Å². The Morgan fingerprint density at radius 1 is 0.184 bits per heavy atom. The number of phenols is 9. The van der Waals surface area contributed by atoms with Crippen LogP contribution < -0.4 is 14.2 Å². The van der Waals surface area contributed by atoms with E-state index in [-0.39, 0.29) is 68.0 Å². The maximum atomic E-state index is 10.1. The molecule has 12 aromatic rings. The summed E-state index contributed by atoms with van der Waals surface area (Å²) in [6.07, 6.45) is 4.59. The largest absolute Gasteiger partial charge is 0.508 e. The van der Waals surface area contributed by atoms with E-state index >= 15 is 0 Å². The molecule has 0 spiro atoms. The third-order valence-electron chi connectivity index (χ3n) is 20.9. The Labute approximate surface area is 603 Å². The van der Waals surface area contributed by atoms with Crippen molar-refractivity contribution in [3.8, 4) is 69.0 Å². The molecule has 0 radical (unpaired) electrons. The summed E-state index contributed by atoms with van der Waals surface area (Å²) in [5.74, 6) is 4.21. The highest BCUT2D eigenvalue weighted by molar-refractivity contribution is 5.55. The van der Waals surface area contributed by atoms with Crippen molar-refractivity contribution in [2.24, 2.45) is 0 Å². The zero-order valence-corrected chi connectivity index (χ0v) is 58.8. The molecule has 0 unspecified atom stereocenters. The zero-order chi connectivity index (χ0) is 72.8. The SMILES string of the molecule is CC(CCCOc1ccc(C(C)(c2ccc(OCCCC(C)(c3ccc(O)cc3)c3ccc(O)cc3)cc2)c2ccc(OCCCC(C)(c3ccc(O)cc3)c3ccc(O)cc3)cc2)cc1)(c1ccc(O)cc1)c1ccc(O)cc1.CC(c1ccc(O)cc1)(c1ccc(O)cc1)c1ccc(O)cc1. The molecule has 0 aliphatic heterocycles. The molecule has 12 rings (SSSR count). The van der Waals surface area contributed by atoms with Crippen LogP contribution in [0.5, 0.6) is 69.0 Å². The molecule has 0 aromatic heterocycles. The smallest absolute Gasteiger partial charge is 0.119 e. The highest BCUT2D eigenvalue weighted by atomic mass is 16.5. The summed E-state index contributed by atoms with van der Waals surface area (Å²) < 4.78 is 19.3. The van der Waals surface area contributed by atoms with Gasteiger partial charge in [-0.05, 0) is 265 Å². The lowest BCUT2D eigenvalue weighted by atomic mass is 9.71. The van der Waals surface area contributed by atoms with E-state index in [9.17, 15) is 46.0 Å². The minimum atomic E-state index is -0.599. The Bertz CT molecular complexity index is 4030. The first kappa shape index (κ1) is 72.5. The van der Waals surface area contributed by atoms with Crippen molar-refractivity contribution in [3.63, 3.8) is 0 Å². The molecule has 103 heavy (non-hydrogen) atoms. The van der Waals surface area contributed by atoms with Crippen LogP contribution in [0.4, 0.5) is 0 Å². The molecule has 0 bridgehead atoms. The van der Waals surface area contributed by atoms with Gasteiger partial charge in [-0.15, -0.1) is 0 Å². The Balaban J connectivity index is 0.000000390. The minimum absolute atomic E-state index is 0.214. The fourth-order valence-corrected chi connectivity index (χ4v) is 14.2. The van der Waals surface area contributed by atoms with Crippen LogP contribution in [0, 0.1) is 0 Å². The summed E-state index contributed by atoms with van der Waals surface area (Å²) in [6, 6.07) is 90.4. The molecule has 0 fully saturated rings. The van der Waals surface area contributed by atoms with E-state index in [1.807, 2.05) is 146 Å². The van der Waals surface area contributed by atoms with Crippen molar-refractivity contribution in [1.29, 1.82) is 0 Å². The van der Waals surface area contributed by atoms with Crippen LogP contribution in [0.2, 0.25) is 0 Å². The summed E-state index contributed by atoms with van der Waals surface area (Å²) in [7, 11) is 0. The van der Waals surface area contributed by atoms with E-state index in [0.29, 0.717) is 19.8 Å². The van der Waals surface area contributed by atoms with Gasteiger partial charge in [-0.1, -0.05) is 166 Å². The second-order valence-corrected chi connectivity index (χ2v) is 27.6. The number of ether oxygens (including phenoxy) is 3. The topological polar surface area (TPSA) is 210 Å². The lowest BCUT2D eigenvalue weighted by molar-refractivity contribution is 0.293. The van der Waals surface area contributed by atoms with Crippen LogP contribution in [-0.4, -0.2) is 65.8 Å². The van der Waals surface area contributed by atoms with Gasteiger partial charge in [-0.25, -0.2) is 0 Å². The van der Waals surface area contributed by atoms with Crippen molar-refractivity contribution in [2.45, 2.75) is 100 Å². The molecule has 12 heteroatoms. The summed E-state index contributed by atoms with van der Waals surface area (Å²) >= 11 is 0. The van der Waals surface area contributed by atoms with Crippen molar-refractivity contribution in [2.75, 3.05) is 19.8 Å². The Kier molecular flexibility index (Phi) is 22.4. The van der Waals surface area contributed by atoms with Gasteiger partial charge >= 0.3 is 0 Å². The molecule has 0 saturated carbocycles.